The fourth-order valence-corrected chi connectivity index (χ4v) is 1.20. The van der Waals surface area contributed by atoms with Crippen molar-refractivity contribution in [3.8, 4) is 5.75 Å². The zero-order valence-electron chi connectivity index (χ0n) is 6.83. The molecule has 4 heteroatoms. The van der Waals surface area contributed by atoms with Gasteiger partial charge < -0.3 is 14.6 Å². The van der Waals surface area contributed by atoms with Crippen LogP contribution in [-0.2, 0) is 11.2 Å². The SMILES string of the molecule is O=C([O-])Cc1ccc(OCBr)cc1. The van der Waals surface area contributed by atoms with Crippen molar-refractivity contribution in [2.75, 3.05) is 5.52 Å². The normalized spacial score (nSPS) is 9.62. The summed E-state index contributed by atoms with van der Waals surface area (Å²) in [4.78, 5) is 10.2. The fraction of sp³-hybridized carbons (Fsp3) is 0.222. The molecule has 0 aliphatic heterocycles. The maximum Gasteiger partial charge on any atom is 0.143 e. The van der Waals surface area contributed by atoms with Crippen LogP contribution in [0, 0.1) is 0 Å². The van der Waals surface area contributed by atoms with Gasteiger partial charge in [0.2, 0.25) is 0 Å². The molecule has 1 aromatic rings. The molecule has 13 heavy (non-hydrogen) atoms. The summed E-state index contributed by atoms with van der Waals surface area (Å²) in [7, 11) is 0. The molecule has 0 aliphatic rings. The lowest BCUT2D eigenvalue weighted by Crippen LogP contribution is -2.24. The van der Waals surface area contributed by atoms with Gasteiger partial charge >= 0.3 is 0 Å². The van der Waals surface area contributed by atoms with Crippen molar-refractivity contribution < 1.29 is 14.6 Å². The summed E-state index contributed by atoms with van der Waals surface area (Å²) < 4.78 is 5.12. The maximum atomic E-state index is 10.2. The molecule has 0 bridgehead atoms. The van der Waals surface area contributed by atoms with Crippen LogP contribution in [-0.4, -0.2) is 11.5 Å². The summed E-state index contributed by atoms with van der Waals surface area (Å²) in [5, 5.41) is 10.2. The molecule has 0 heterocycles. The van der Waals surface area contributed by atoms with Crippen LogP contribution in [0.5, 0.6) is 5.75 Å². The molecule has 0 radical (unpaired) electrons. The average molecular weight is 244 g/mol. The maximum absolute atomic E-state index is 10.2. The van der Waals surface area contributed by atoms with Crippen LogP contribution in [0.1, 0.15) is 5.56 Å². The highest BCUT2D eigenvalue weighted by Gasteiger charge is 1.94. The van der Waals surface area contributed by atoms with E-state index in [-0.39, 0.29) is 6.42 Å². The van der Waals surface area contributed by atoms with Gasteiger partial charge in [-0.3, -0.25) is 0 Å². The summed E-state index contributed by atoms with van der Waals surface area (Å²) >= 11 is 3.12. The average Bonchev–Trinajstić information content (AvgIpc) is 2.08. The molecular formula is C9H8BrO3-. The van der Waals surface area contributed by atoms with Gasteiger partial charge in [0.05, 0.1) is 0 Å². The predicted molar refractivity (Wildman–Crippen MR) is 49.6 cm³/mol. The first-order chi connectivity index (χ1) is 6.22. The first-order valence-corrected chi connectivity index (χ1v) is 4.82. The van der Waals surface area contributed by atoms with Crippen molar-refractivity contribution in [1.82, 2.24) is 0 Å². The van der Waals surface area contributed by atoms with Crippen molar-refractivity contribution in [3.05, 3.63) is 29.8 Å². The van der Waals surface area contributed by atoms with Gasteiger partial charge in [0, 0.05) is 12.4 Å². The highest BCUT2D eigenvalue weighted by atomic mass is 79.9. The Kier molecular flexibility index (Phi) is 3.76. The largest absolute Gasteiger partial charge is 0.550 e. The molecule has 0 fully saturated rings. The van der Waals surface area contributed by atoms with E-state index in [2.05, 4.69) is 15.9 Å². The number of carboxylic acids is 1. The van der Waals surface area contributed by atoms with Crippen LogP contribution in [0.3, 0.4) is 0 Å². The summed E-state index contributed by atoms with van der Waals surface area (Å²) in [5.41, 5.74) is 1.13. The number of carbonyl (C=O) groups excluding carboxylic acids is 1. The molecule has 3 nitrogen and oxygen atoms in total. The zero-order chi connectivity index (χ0) is 9.68. The van der Waals surface area contributed by atoms with Crippen molar-refractivity contribution in [2.24, 2.45) is 0 Å². The van der Waals surface area contributed by atoms with E-state index < -0.39 is 5.97 Å². The Balaban J connectivity index is 2.64. The van der Waals surface area contributed by atoms with Gasteiger partial charge in [0.1, 0.15) is 11.3 Å². The van der Waals surface area contributed by atoms with E-state index in [1.54, 1.807) is 24.3 Å². The van der Waals surface area contributed by atoms with Crippen molar-refractivity contribution in [3.63, 3.8) is 0 Å². The molecule has 0 amide bonds. The fourth-order valence-electron chi connectivity index (χ4n) is 0.933. The molecular weight excluding hydrogens is 236 g/mol. The summed E-state index contributed by atoms with van der Waals surface area (Å²) in [6, 6.07) is 6.85. The third kappa shape index (κ3) is 3.46. The lowest BCUT2D eigenvalue weighted by Gasteiger charge is -2.04. The van der Waals surface area contributed by atoms with E-state index in [9.17, 15) is 9.90 Å². The Morgan fingerprint density at radius 1 is 1.38 bits per heavy atom. The Labute approximate surface area is 84.5 Å². The number of alkyl halides is 1. The highest BCUT2D eigenvalue weighted by molar-refractivity contribution is 9.09. The number of benzene rings is 1. The van der Waals surface area contributed by atoms with Crippen molar-refractivity contribution >= 4 is 21.9 Å². The van der Waals surface area contributed by atoms with Crippen LogP contribution >= 0.6 is 15.9 Å². The second-order valence-electron chi connectivity index (χ2n) is 2.45. The summed E-state index contributed by atoms with van der Waals surface area (Å²) in [6.45, 7) is 0. The number of hydrogen-bond acceptors (Lipinski definition) is 3. The van der Waals surface area contributed by atoms with E-state index in [4.69, 9.17) is 4.74 Å². The zero-order valence-corrected chi connectivity index (χ0v) is 8.41. The quantitative estimate of drug-likeness (QED) is 0.733. The first kappa shape index (κ1) is 10.1. The molecule has 0 atom stereocenters. The Hall–Kier alpha value is -1.03. The predicted octanol–water partition coefficient (Wildman–Crippen LogP) is 0.710. The van der Waals surface area contributed by atoms with Gasteiger partial charge in [-0.25, -0.2) is 0 Å². The molecule has 70 valence electrons. The summed E-state index contributed by atoms with van der Waals surface area (Å²) in [5.74, 6) is -0.367. The molecule has 0 spiro atoms. The van der Waals surface area contributed by atoms with Gasteiger partial charge in [-0.1, -0.05) is 12.1 Å². The number of halogens is 1. The second-order valence-corrected chi connectivity index (χ2v) is 2.90. The number of carboxylic acid groups (broad SMARTS) is 1. The highest BCUT2D eigenvalue weighted by Crippen LogP contribution is 2.12. The van der Waals surface area contributed by atoms with Gasteiger partial charge in [-0.15, -0.1) is 0 Å². The minimum atomic E-state index is -1.07. The van der Waals surface area contributed by atoms with Crippen LogP contribution in [0.15, 0.2) is 24.3 Å². The number of ether oxygens (including phenoxy) is 1. The van der Waals surface area contributed by atoms with Crippen molar-refractivity contribution in [1.29, 1.82) is 0 Å². The monoisotopic (exact) mass is 243 g/mol. The van der Waals surface area contributed by atoms with E-state index in [1.165, 1.54) is 0 Å². The van der Waals surface area contributed by atoms with E-state index in [0.717, 1.165) is 0 Å². The van der Waals surface area contributed by atoms with Crippen LogP contribution in [0.25, 0.3) is 0 Å². The summed E-state index contributed by atoms with van der Waals surface area (Å²) in [6.07, 6.45) is -0.0609. The Morgan fingerprint density at radius 3 is 2.46 bits per heavy atom. The van der Waals surface area contributed by atoms with Crippen molar-refractivity contribution in [2.45, 2.75) is 6.42 Å². The number of carbonyl (C=O) groups is 1. The van der Waals surface area contributed by atoms with Gasteiger partial charge in [0.25, 0.3) is 0 Å². The van der Waals surface area contributed by atoms with E-state index in [0.29, 0.717) is 16.8 Å². The van der Waals surface area contributed by atoms with Gasteiger partial charge in [-0.05, 0) is 33.6 Å². The molecule has 1 rings (SSSR count). The first-order valence-electron chi connectivity index (χ1n) is 3.70. The van der Waals surface area contributed by atoms with E-state index in [1.807, 2.05) is 0 Å². The van der Waals surface area contributed by atoms with Gasteiger partial charge in [0.15, 0.2) is 0 Å². The molecule has 0 unspecified atom stereocenters. The Bertz CT molecular complexity index is 281. The number of rotatable bonds is 4. The van der Waals surface area contributed by atoms with Crippen LogP contribution in [0.4, 0.5) is 0 Å². The topological polar surface area (TPSA) is 49.4 Å². The molecule has 0 N–H and O–H groups in total. The number of hydrogen-bond donors (Lipinski definition) is 0. The molecule has 0 aliphatic carbocycles. The third-order valence-corrected chi connectivity index (χ3v) is 1.72. The Morgan fingerprint density at radius 2 is 2.00 bits per heavy atom. The van der Waals surface area contributed by atoms with Gasteiger partial charge in [-0.2, -0.15) is 0 Å². The second kappa shape index (κ2) is 4.87. The smallest absolute Gasteiger partial charge is 0.143 e. The minimum Gasteiger partial charge on any atom is -0.550 e. The molecule has 0 aromatic heterocycles. The molecule has 1 aromatic carbocycles. The lowest BCUT2D eigenvalue weighted by atomic mass is 10.1. The standard InChI is InChI=1S/C9H9BrO3/c10-6-13-8-3-1-7(2-4-8)5-9(11)12/h1-4H,5-6H2,(H,11,12)/p-1. The molecule has 0 saturated heterocycles. The lowest BCUT2D eigenvalue weighted by molar-refractivity contribution is -0.304. The third-order valence-electron chi connectivity index (χ3n) is 1.49. The molecule has 0 saturated carbocycles. The van der Waals surface area contributed by atoms with Crippen LogP contribution in [0.2, 0.25) is 0 Å². The minimum absolute atomic E-state index is 0.0609. The number of aliphatic carboxylic acids is 1. The van der Waals surface area contributed by atoms with E-state index >= 15 is 0 Å². The van der Waals surface area contributed by atoms with Crippen LogP contribution < -0.4 is 9.84 Å².